The monoisotopic (exact) mass is 363 g/mol. The summed E-state index contributed by atoms with van der Waals surface area (Å²) < 4.78 is 0.664. The Morgan fingerprint density at radius 1 is 1.21 bits per heavy atom. The van der Waals surface area contributed by atoms with Gasteiger partial charge in [0.15, 0.2) is 10.1 Å². The molecule has 1 amide bonds. The molecule has 1 N–H and O–H groups in total. The molecule has 0 aliphatic carbocycles. The van der Waals surface area contributed by atoms with Gasteiger partial charge >= 0.3 is 0 Å². The minimum atomic E-state index is -0.488. The lowest BCUT2D eigenvalue weighted by Gasteiger charge is -2.15. The Balaban J connectivity index is 1.95. The number of aromatic nitrogens is 2. The van der Waals surface area contributed by atoms with E-state index in [2.05, 4.69) is 15.5 Å². The van der Waals surface area contributed by atoms with Gasteiger partial charge in [-0.2, -0.15) is 0 Å². The molecule has 0 saturated carbocycles. The molecular formula is C17H21N3O2S2. The summed E-state index contributed by atoms with van der Waals surface area (Å²) in [7, 11) is 0. The summed E-state index contributed by atoms with van der Waals surface area (Å²) in [4.78, 5) is 24.3. The Kier molecular flexibility index (Phi) is 5.77. The van der Waals surface area contributed by atoms with Crippen LogP contribution in [0.2, 0.25) is 0 Å². The maximum Gasteiger partial charge on any atom is 0.231 e. The van der Waals surface area contributed by atoms with Crippen LogP contribution < -0.4 is 5.32 Å². The smallest absolute Gasteiger partial charge is 0.231 e. The summed E-state index contributed by atoms with van der Waals surface area (Å²) in [5, 5.41) is 11.2. The zero-order valence-corrected chi connectivity index (χ0v) is 16.1. The third-order valence-electron chi connectivity index (χ3n) is 3.32. The molecule has 0 bridgehead atoms. The van der Waals surface area contributed by atoms with Crippen molar-refractivity contribution < 1.29 is 9.59 Å². The summed E-state index contributed by atoms with van der Waals surface area (Å²) in [5.41, 5.74) is 2.37. The SMILES string of the molecule is Cc1ccc(C(=O)CSc2nnc(NC(=O)C(C)(C)C)s2)c(C)c1. The van der Waals surface area contributed by atoms with E-state index in [1.807, 2.05) is 52.8 Å². The minimum absolute atomic E-state index is 0.0629. The Bertz CT molecular complexity index is 763. The highest BCUT2D eigenvalue weighted by Gasteiger charge is 2.22. The number of aryl methyl sites for hydroxylation is 2. The molecule has 1 heterocycles. The molecule has 2 aromatic rings. The molecule has 0 aliphatic heterocycles. The minimum Gasteiger partial charge on any atom is -0.300 e. The first-order chi connectivity index (χ1) is 11.2. The molecule has 128 valence electrons. The van der Waals surface area contributed by atoms with Gasteiger partial charge in [-0.15, -0.1) is 10.2 Å². The van der Waals surface area contributed by atoms with Crippen molar-refractivity contribution in [1.29, 1.82) is 0 Å². The van der Waals surface area contributed by atoms with Crippen molar-refractivity contribution in [2.24, 2.45) is 5.41 Å². The second-order valence-electron chi connectivity index (χ2n) is 6.61. The van der Waals surface area contributed by atoms with Crippen LogP contribution in [0.4, 0.5) is 5.13 Å². The Morgan fingerprint density at radius 3 is 2.54 bits per heavy atom. The van der Waals surface area contributed by atoms with Crippen molar-refractivity contribution >= 4 is 39.9 Å². The highest BCUT2D eigenvalue weighted by atomic mass is 32.2. The number of Topliss-reactive ketones (excluding diaryl/α,β-unsaturated/α-hetero) is 1. The van der Waals surface area contributed by atoms with Gasteiger partial charge in [0.25, 0.3) is 0 Å². The zero-order valence-electron chi connectivity index (χ0n) is 14.5. The number of hydrogen-bond donors (Lipinski definition) is 1. The molecule has 0 atom stereocenters. The molecule has 7 heteroatoms. The predicted molar refractivity (Wildman–Crippen MR) is 99.0 cm³/mol. The van der Waals surface area contributed by atoms with Crippen molar-refractivity contribution in [2.45, 2.75) is 39.0 Å². The molecule has 0 saturated heterocycles. The normalized spacial score (nSPS) is 11.4. The number of carbonyl (C=O) groups excluding carboxylic acids is 2. The fourth-order valence-electron chi connectivity index (χ4n) is 1.93. The first kappa shape index (κ1) is 18.6. The van der Waals surface area contributed by atoms with Crippen LogP contribution in [0.15, 0.2) is 22.5 Å². The van der Waals surface area contributed by atoms with Crippen molar-refractivity contribution in [3.8, 4) is 0 Å². The predicted octanol–water partition coefficient (Wildman–Crippen LogP) is 4.11. The van der Waals surface area contributed by atoms with E-state index in [1.165, 1.54) is 23.1 Å². The van der Waals surface area contributed by atoms with Crippen LogP contribution in [0, 0.1) is 19.3 Å². The Morgan fingerprint density at radius 2 is 1.92 bits per heavy atom. The number of amides is 1. The summed E-state index contributed by atoms with van der Waals surface area (Å²) in [6.45, 7) is 9.45. The van der Waals surface area contributed by atoms with Crippen molar-refractivity contribution in [2.75, 3.05) is 11.1 Å². The highest BCUT2D eigenvalue weighted by molar-refractivity contribution is 8.01. The molecule has 0 unspecified atom stereocenters. The van der Waals surface area contributed by atoms with Gasteiger partial charge in [-0.25, -0.2) is 0 Å². The average Bonchev–Trinajstić information content (AvgIpc) is 2.91. The van der Waals surface area contributed by atoms with Crippen LogP contribution >= 0.6 is 23.1 Å². The fourth-order valence-corrected chi connectivity index (χ4v) is 3.57. The summed E-state index contributed by atoms with van der Waals surface area (Å²) in [5.74, 6) is 0.251. The summed E-state index contributed by atoms with van der Waals surface area (Å²) in [6, 6.07) is 5.81. The maximum atomic E-state index is 12.3. The average molecular weight is 364 g/mol. The molecule has 2 rings (SSSR count). The van der Waals surface area contributed by atoms with Crippen LogP contribution in [-0.4, -0.2) is 27.6 Å². The first-order valence-electron chi connectivity index (χ1n) is 7.55. The second kappa shape index (κ2) is 7.44. The lowest BCUT2D eigenvalue weighted by Crippen LogP contribution is -2.27. The summed E-state index contributed by atoms with van der Waals surface area (Å²) in [6.07, 6.45) is 0. The van der Waals surface area contributed by atoms with Gasteiger partial charge in [0.05, 0.1) is 5.75 Å². The van der Waals surface area contributed by atoms with Gasteiger partial charge in [-0.1, -0.05) is 67.6 Å². The number of nitrogens with zero attached hydrogens (tertiary/aromatic N) is 2. The van der Waals surface area contributed by atoms with E-state index in [0.717, 1.165) is 16.7 Å². The van der Waals surface area contributed by atoms with Gasteiger partial charge in [0.2, 0.25) is 11.0 Å². The van der Waals surface area contributed by atoms with E-state index in [4.69, 9.17) is 0 Å². The number of benzene rings is 1. The Hall–Kier alpha value is -1.73. The topological polar surface area (TPSA) is 72.0 Å². The van der Waals surface area contributed by atoms with Crippen molar-refractivity contribution in [1.82, 2.24) is 10.2 Å². The van der Waals surface area contributed by atoms with Crippen LogP contribution in [0.25, 0.3) is 0 Å². The standard InChI is InChI=1S/C17H21N3O2S2/c1-10-6-7-12(11(2)8-10)13(21)9-23-16-20-19-15(24-16)18-14(22)17(3,4)5/h6-8H,9H2,1-5H3,(H,18,19,22). The number of carbonyl (C=O) groups is 2. The van der Waals surface area contributed by atoms with E-state index in [-0.39, 0.29) is 11.7 Å². The third kappa shape index (κ3) is 4.88. The molecule has 1 aromatic heterocycles. The summed E-state index contributed by atoms with van der Waals surface area (Å²) >= 11 is 2.61. The van der Waals surface area contributed by atoms with E-state index < -0.39 is 5.41 Å². The van der Waals surface area contributed by atoms with E-state index >= 15 is 0 Å². The quantitative estimate of drug-likeness (QED) is 0.491. The van der Waals surface area contributed by atoms with Gasteiger partial charge in [0, 0.05) is 11.0 Å². The molecule has 0 radical (unpaired) electrons. The Labute approximate surface area is 150 Å². The first-order valence-corrected chi connectivity index (χ1v) is 9.35. The molecule has 0 fully saturated rings. The lowest BCUT2D eigenvalue weighted by molar-refractivity contribution is -0.123. The van der Waals surface area contributed by atoms with Crippen LogP contribution in [-0.2, 0) is 4.79 Å². The highest BCUT2D eigenvalue weighted by Crippen LogP contribution is 2.27. The van der Waals surface area contributed by atoms with Gasteiger partial charge in [-0.3, -0.25) is 9.59 Å². The number of rotatable bonds is 5. The molecule has 0 aliphatic rings. The van der Waals surface area contributed by atoms with Crippen LogP contribution in [0.5, 0.6) is 0 Å². The molecule has 0 spiro atoms. The van der Waals surface area contributed by atoms with Crippen molar-refractivity contribution in [3.05, 3.63) is 34.9 Å². The number of hydrogen-bond acceptors (Lipinski definition) is 6. The number of anilines is 1. The van der Waals surface area contributed by atoms with Gasteiger partial charge in [-0.05, 0) is 19.4 Å². The second-order valence-corrected chi connectivity index (χ2v) is 8.81. The largest absolute Gasteiger partial charge is 0.300 e. The lowest BCUT2D eigenvalue weighted by atomic mass is 9.96. The van der Waals surface area contributed by atoms with Gasteiger partial charge in [0.1, 0.15) is 0 Å². The number of nitrogens with one attached hydrogen (secondary N) is 1. The van der Waals surface area contributed by atoms with Crippen molar-refractivity contribution in [3.63, 3.8) is 0 Å². The fraction of sp³-hybridized carbons (Fsp3) is 0.412. The van der Waals surface area contributed by atoms with Gasteiger partial charge < -0.3 is 5.32 Å². The van der Waals surface area contributed by atoms with E-state index in [9.17, 15) is 9.59 Å². The molecular weight excluding hydrogens is 342 g/mol. The van der Waals surface area contributed by atoms with Crippen LogP contribution in [0.3, 0.4) is 0 Å². The van der Waals surface area contributed by atoms with E-state index in [0.29, 0.717) is 15.2 Å². The zero-order chi connectivity index (χ0) is 17.9. The molecule has 5 nitrogen and oxygen atoms in total. The number of ketones is 1. The molecule has 1 aromatic carbocycles. The third-order valence-corrected chi connectivity index (χ3v) is 5.29. The molecule has 24 heavy (non-hydrogen) atoms. The maximum absolute atomic E-state index is 12.3. The number of thioether (sulfide) groups is 1. The van der Waals surface area contributed by atoms with E-state index in [1.54, 1.807) is 0 Å². The van der Waals surface area contributed by atoms with Crippen LogP contribution in [0.1, 0.15) is 42.3 Å².